The SMILES string of the molecule is COc1ccc(OC)c(-c2cc3ccc([O-])c(C[NH+]4CCOCC4)c3oc2=O)c1. The molecule has 1 fully saturated rings. The highest BCUT2D eigenvalue weighted by Crippen LogP contribution is 2.34. The van der Waals surface area contributed by atoms with Gasteiger partial charge in [0.2, 0.25) is 0 Å². The van der Waals surface area contributed by atoms with Crippen molar-refractivity contribution in [3.8, 4) is 28.4 Å². The molecule has 0 spiro atoms. The Morgan fingerprint density at radius 3 is 2.55 bits per heavy atom. The number of ether oxygens (including phenoxy) is 3. The first-order chi connectivity index (χ1) is 14.1. The summed E-state index contributed by atoms with van der Waals surface area (Å²) in [5.74, 6) is 1.02. The Balaban J connectivity index is 1.83. The molecule has 7 heteroatoms. The number of morpholine rings is 1. The third-order valence-electron chi connectivity index (χ3n) is 5.29. The van der Waals surface area contributed by atoms with Gasteiger partial charge in [-0.1, -0.05) is 17.9 Å². The number of nitrogens with one attached hydrogen (secondary N) is 1. The lowest BCUT2D eigenvalue weighted by Gasteiger charge is -2.26. The van der Waals surface area contributed by atoms with E-state index < -0.39 is 5.63 Å². The zero-order valence-corrected chi connectivity index (χ0v) is 16.4. The lowest BCUT2D eigenvalue weighted by atomic mass is 10.0. The molecule has 29 heavy (non-hydrogen) atoms. The molecule has 3 aromatic rings. The number of hydrogen-bond donors (Lipinski definition) is 1. The summed E-state index contributed by atoms with van der Waals surface area (Å²) in [6.45, 7) is 3.47. The molecule has 0 aliphatic carbocycles. The van der Waals surface area contributed by atoms with Crippen molar-refractivity contribution in [3.05, 3.63) is 52.4 Å². The van der Waals surface area contributed by atoms with Crippen molar-refractivity contribution in [2.24, 2.45) is 0 Å². The van der Waals surface area contributed by atoms with Crippen LogP contribution in [0.1, 0.15) is 5.56 Å². The molecule has 7 nitrogen and oxygen atoms in total. The molecule has 0 unspecified atom stereocenters. The first-order valence-electron chi connectivity index (χ1n) is 9.51. The van der Waals surface area contributed by atoms with E-state index >= 15 is 0 Å². The van der Waals surface area contributed by atoms with E-state index in [1.54, 1.807) is 44.6 Å². The zero-order valence-electron chi connectivity index (χ0n) is 16.4. The maximum Gasteiger partial charge on any atom is 0.344 e. The molecule has 0 atom stereocenters. The summed E-state index contributed by atoms with van der Waals surface area (Å²) in [6, 6.07) is 10.2. The molecular weight excluding hydrogens is 374 g/mol. The van der Waals surface area contributed by atoms with E-state index in [0.29, 0.717) is 58.9 Å². The summed E-state index contributed by atoms with van der Waals surface area (Å²) in [5.41, 5.74) is 1.30. The fraction of sp³-hybridized carbons (Fsp3) is 0.318. The minimum Gasteiger partial charge on any atom is -0.872 e. The first-order valence-corrected chi connectivity index (χ1v) is 9.51. The van der Waals surface area contributed by atoms with Gasteiger partial charge in [0.1, 0.15) is 36.7 Å². The molecule has 2 aromatic carbocycles. The zero-order chi connectivity index (χ0) is 20.4. The Hall–Kier alpha value is -3.03. The van der Waals surface area contributed by atoms with Gasteiger partial charge < -0.3 is 28.6 Å². The van der Waals surface area contributed by atoms with Crippen LogP contribution in [-0.4, -0.2) is 40.5 Å². The summed E-state index contributed by atoms with van der Waals surface area (Å²) in [5, 5.41) is 13.2. The Morgan fingerprint density at radius 1 is 1.03 bits per heavy atom. The van der Waals surface area contributed by atoms with Gasteiger partial charge in [-0.3, -0.25) is 0 Å². The average Bonchev–Trinajstić information content (AvgIpc) is 2.76. The van der Waals surface area contributed by atoms with E-state index in [2.05, 4.69) is 0 Å². The summed E-state index contributed by atoms with van der Waals surface area (Å²) >= 11 is 0. The van der Waals surface area contributed by atoms with Crippen LogP contribution in [0.15, 0.2) is 45.6 Å². The number of hydrogen-bond acceptors (Lipinski definition) is 6. The fourth-order valence-electron chi connectivity index (χ4n) is 3.69. The number of quaternary nitrogens is 1. The lowest BCUT2D eigenvalue weighted by Crippen LogP contribution is -3.12. The van der Waals surface area contributed by atoms with Crippen LogP contribution in [0.25, 0.3) is 22.1 Å². The summed E-state index contributed by atoms with van der Waals surface area (Å²) in [6.07, 6.45) is 0. The Kier molecular flexibility index (Phi) is 5.42. The number of rotatable bonds is 5. The Labute approximate surface area is 168 Å². The van der Waals surface area contributed by atoms with Crippen molar-refractivity contribution >= 4 is 11.0 Å². The van der Waals surface area contributed by atoms with Gasteiger partial charge in [0, 0.05) is 16.5 Å². The van der Waals surface area contributed by atoms with Crippen LogP contribution in [0.3, 0.4) is 0 Å². The molecule has 1 saturated heterocycles. The topological polar surface area (TPSA) is 85.4 Å². The van der Waals surface area contributed by atoms with E-state index in [9.17, 15) is 9.90 Å². The normalized spacial score (nSPS) is 14.8. The van der Waals surface area contributed by atoms with Gasteiger partial charge in [0.15, 0.2) is 0 Å². The first kappa shape index (κ1) is 19.3. The fourth-order valence-corrected chi connectivity index (χ4v) is 3.69. The van der Waals surface area contributed by atoms with E-state index in [1.807, 2.05) is 0 Å². The highest BCUT2D eigenvalue weighted by Gasteiger charge is 2.19. The predicted octanol–water partition coefficient (Wildman–Crippen LogP) is 0.966. The van der Waals surface area contributed by atoms with Gasteiger partial charge in [-0.2, -0.15) is 0 Å². The predicted molar refractivity (Wildman–Crippen MR) is 106 cm³/mol. The number of methoxy groups -OCH3 is 2. The molecular formula is C22H23NO6. The third kappa shape index (κ3) is 3.79. The molecule has 0 saturated carbocycles. The standard InChI is InChI=1S/C22H23NO6/c1-26-15-4-6-20(27-2)16(12-15)17-11-14-3-5-19(24)18(21(14)29-22(17)25)13-23-7-9-28-10-8-23/h3-6,11-12,24H,7-10,13H2,1-2H3. The largest absolute Gasteiger partial charge is 0.872 e. The number of fused-ring (bicyclic) bond motifs is 1. The van der Waals surface area contributed by atoms with Gasteiger partial charge in [-0.25, -0.2) is 4.79 Å². The molecule has 1 aliphatic rings. The molecule has 1 aliphatic heterocycles. The summed E-state index contributed by atoms with van der Waals surface area (Å²) in [4.78, 5) is 14.1. The van der Waals surface area contributed by atoms with Gasteiger partial charge in [0.25, 0.3) is 0 Å². The maximum atomic E-state index is 12.9. The molecule has 1 N–H and O–H groups in total. The summed E-state index contributed by atoms with van der Waals surface area (Å²) < 4.78 is 21.8. The molecule has 2 heterocycles. The van der Waals surface area contributed by atoms with Crippen molar-refractivity contribution in [1.29, 1.82) is 0 Å². The Morgan fingerprint density at radius 2 is 1.83 bits per heavy atom. The van der Waals surface area contributed by atoms with Crippen molar-refractivity contribution in [2.75, 3.05) is 40.5 Å². The third-order valence-corrected chi connectivity index (χ3v) is 5.29. The van der Waals surface area contributed by atoms with Gasteiger partial charge in [-0.15, -0.1) is 0 Å². The molecule has 0 amide bonds. The average molecular weight is 397 g/mol. The van der Waals surface area contributed by atoms with Crippen molar-refractivity contribution in [3.63, 3.8) is 0 Å². The van der Waals surface area contributed by atoms with E-state index in [4.69, 9.17) is 18.6 Å². The second-order valence-electron chi connectivity index (χ2n) is 7.01. The van der Waals surface area contributed by atoms with Crippen molar-refractivity contribution in [1.82, 2.24) is 0 Å². The van der Waals surface area contributed by atoms with Crippen LogP contribution >= 0.6 is 0 Å². The van der Waals surface area contributed by atoms with E-state index in [-0.39, 0.29) is 5.75 Å². The summed E-state index contributed by atoms with van der Waals surface area (Å²) in [7, 11) is 3.10. The minimum absolute atomic E-state index is 0.119. The molecule has 0 radical (unpaired) electrons. The smallest absolute Gasteiger partial charge is 0.344 e. The molecule has 1 aromatic heterocycles. The van der Waals surface area contributed by atoms with E-state index in [0.717, 1.165) is 13.1 Å². The quantitative estimate of drug-likeness (QED) is 0.646. The monoisotopic (exact) mass is 397 g/mol. The van der Waals surface area contributed by atoms with Gasteiger partial charge >= 0.3 is 5.63 Å². The number of benzene rings is 2. The van der Waals surface area contributed by atoms with Gasteiger partial charge in [0.05, 0.1) is 33.0 Å². The molecule has 4 rings (SSSR count). The second kappa shape index (κ2) is 8.14. The van der Waals surface area contributed by atoms with Crippen LogP contribution in [0.5, 0.6) is 17.2 Å². The molecule has 152 valence electrons. The van der Waals surface area contributed by atoms with Crippen molar-refractivity contribution in [2.45, 2.75) is 6.54 Å². The minimum atomic E-state index is -0.520. The highest BCUT2D eigenvalue weighted by atomic mass is 16.5. The van der Waals surface area contributed by atoms with Crippen LogP contribution in [0, 0.1) is 0 Å². The highest BCUT2D eigenvalue weighted by molar-refractivity contribution is 5.86. The van der Waals surface area contributed by atoms with Crippen LogP contribution < -0.4 is 25.1 Å². The lowest BCUT2D eigenvalue weighted by molar-refractivity contribution is -0.921. The second-order valence-corrected chi connectivity index (χ2v) is 7.01. The van der Waals surface area contributed by atoms with Crippen LogP contribution in [-0.2, 0) is 11.3 Å². The molecule has 0 bridgehead atoms. The van der Waals surface area contributed by atoms with E-state index in [1.165, 1.54) is 11.0 Å². The Bertz CT molecular complexity index is 1080. The maximum absolute atomic E-state index is 12.9. The van der Waals surface area contributed by atoms with Gasteiger partial charge in [-0.05, 0) is 24.3 Å². The van der Waals surface area contributed by atoms with Crippen molar-refractivity contribution < 1.29 is 28.6 Å². The van der Waals surface area contributed by atoms with Crippen LogP contribution in [0.2, 0.25) is 0 Å². The van der Waals surface area contributed by atoms with Crippen LogP contribution in [0.4, 0.5) is 0 Å².